The summed E-state index contributed by atoms with van der Waals surface area (Å²) in [5.41, 5.74) is 5.53. The first-order chi connectivity index (χ1) is 9.78. The summed E-state index contributed by atoms with van der Waals surface area (Å²) in [5, 5.41) is 1.05. The molecule has 3 rings (SSSR count). The molecule has 3 N–H and O–H groups in total. The molecule has 0 fully saturated rings. The van der Waals surface area contributed by atoms with Gasteiger partial charge in [0.1, 0.15) is 5.82 Å². The minimum atomic E-state index is -0.263. The van der Waals surface area contributed by atoms with Crippen molar-refractivity contribution in [1.82, 2.24) is 10.4 Å². The van der Waals surface area contributed by atoms with Crippen LogP contribution >= 0.6 is 0 Å². The molecule has 1 aromatic heterocycles. The monoisotopic (exact) mass is 267 g/mol. The third kappa shape index (κ3) is 2.39. The van der Waals surface area contributed by atoms with Crippen LogP contribution in [0, 0.1) is 5.82 Å². The minimum absolute atomic E-state index is 0.215. The van der Waals surface area contributed by atoms with Gasteiger partial charge in [-0.2, -0.15) is 0 Å². The zero-order chi connectivity index (χ0) is 13.9. The van der Waals surface area contributed by atoms with Gasteiger partial charge in [0.05, 0.1) is 11.6 Å². The van der Waals surface area contributed by atoms with Gasteiger partial charge in [-0.05, 0) is 35.4 Å². The molecule has 0 bridgehead atoms. The van der Waals surface area contributed by atoms with Crippen LogP contribution in [0.4, 0.5) is 4.39 Å². The lowest BCUT2D eigenvalue weighted by molar-refractivity contribution is 0.615. The molecular formula is C16H14FN3. The van der Waals surface area contributed by atoms with Gasteiger partial charge in [0, 0.05) is 11.6 Å². The molecular weight excluding hydrogens is 253 g/mol. The van der Waals surface area contributed by atoms with E-state index in [9.17, 15) is 4.39 Å². The lowest BCUT2D eigenvalue weighted by atomic mass is 9.99. The smallest absolute Gasteiger partial charge is 0.123 e. The molecule has 1 atom stereocenters. The first-order valence-corrected chi connectivity index (χ1v) is 6.34. The predicted molar refractivity (Wildman–Crippen MR) is 77.3 cm³/mol. The molecule has 3 aromatic rings. The lowest BCUT2D eigenvalue weighted by Crippen LogP contribution is -2.28. The molecule has 0 amide bonds. The van der Waals surface area contributed by atoms with Crippen molar-refractivity contribution in [2.45, 2.75) is 6.04 Å². The van der Waals surface area contributed by atoms with E-state index in [1.165, 1.54) is 12.1 Å². The summed E-state index contributed by atoms with van der Waals surface area (Å²) in [6.45, 7) is 0. The molecule has 0 spiro atoms. The van der Waals surface area contributed by atoms with Crippen molar-refractivity contribution in [1.29, 1.82) is 0 Å². The fourth-order valence-electron chi connectivity index (χ4n) is 2.29. The van der Waals surface area contributed by atoms with Crippen molar-refractivity contribution in [2.24, 2.45) is 5.84 Å². The zero-order valence-corrected chi connectivity index (χ0v) is 10.8. The highest BCUT2D eigenvalue weighted by molar-refractivity contribution is 5.78. The van der Waals surface area contributed by atoms with Crippen LogP contribution in [0.2, 0.25) is 0 Å². The molecule has 0 aliphatic heterocycles. The number of fused-ring (bicyclic) bond motifs is 1. The van der Waals surface area contributed by atoms with Crippen LogP contribution < -0.4 is 11.3 Å². The Balaban J connectivity index is 2.04. The molecule has 0 saturated heterocycles. The molecule has 1 heterocycles. The number of hydrogen-bond acceptors (Lipinski definition) is 3. The van der Waals surface area contributed by atoms with Crippen LogP contribution in [0.3, 0.4) is 0 Å². The number of nitrogens with one attached hydrogen (secondary N) is 1. The Labute approximate surface area is 116 Å². The average Bonchev–Trinajstić information content (AvgIpc) is 2.50. The lowest BCUT2D eigenvalue weighted by Gasteiger charge is -2.17. The number of nitrogens with two attached hydrogens (primary N) is 1. The topological polar surface area (TPSA) is 50.9 Å². The fourth-order valence-corrected chi connectivity index (χ4v) is 2.29. The summed E-state index contributed by atoms with van der Waals surface area (Å²) in [4.78, 5) is 4.42. The molecule has 0 aliphatic rings. The van der Waals surface area contributed by atoms with E-state index in [0.29, 0.717) is 0 Å². The highest BCUT2D eigenvalue weighted by Crippen LogP contribution is 2.23. The third-order valence-electron chi connectivity index (χ3n) is 3.31. The molecule has 0 radical (unpaired) electrons. The van der Waals surface area contributed by atoms with Crippen LogP contribution in [0.15, 0.2) is 60.8 Å². The van der Waals surface area contributed by atoms with E-state index in [4.69, 9.17) is 5.84 Å². The van der Waals surface area contributed by atoms with Crippen molar-refractivity contribution in [3.63, 3.8) is 0 Å². The molecule has 4 heteroatoms. The maximum absolute atomic E-state index is 13.0. The van der Waals surface area contributed by atoms with Gasteiger partial charge >= 0.3 is 0 Å². The second-order valence-corrected chi connectivity index (χ2v) is 4.61. The summed E-state index contributed by atoms with van der Waals surface area (Å²) in [5.74, 6) is 5.38. The van der Waals surface area contributed by atoms with E-state index >= 15 is 0 Å². The molecule has 1 unspecified atom stereocenters. The number of benzene rings is 2. The summed E-state index contributed by atoms with van der Waals surface area (Å²) in [6.07, 6.45) is 1.79. The number of rotatable bonds is 3. The molecule has 2 aromatic carbocycles. The number of aromatic nitrogens is 1. The highest BCUT2D eigenvalue weighted by atomic mass is 19.1. The van der Waals surface area contributed by atoms with Crippen LogP contribution in [-0.2, 0) is 0 Å². The number of halogens is 1. The molecule has 100 valence electrons. The van der Waals surface area contributed by atoms with Crippen molar-refractivity contribution in [3.05, 3.63) is 77.7 Å². The number of hydrogen-bond donors (Lipinski definition) is 2. The van der Waals surface area contributed by atoms with Gasteiger partial charge in [-0.25, -0.2) is 9.82 Å². The Bertz CT molecular complexity index is 725. The van der Waals surface area contributed by atoms with Gasteiger partial charge in [-0.1, -0.05) is 30.3 Å². The van der Waals surface area contributed by atoms with Gasteiger partial charge in [0.2, 0.25) is 0 Å². The summed E-state index contributed by atoms with van der Waals surface area (Å²) in [7, 11) is 0. The van der Waals surface area contributed by atoms with Gasteiger partial charge in [-0.3, -0.25) is 10.8 Å². The number of hydrazine groups is 1. The Morgan fingerprint density at radius 1 is 1.00 bits per heavy atom. The second-order valence-electron chi connectivity index (χ2n) is 4.61. The third-order valence-corrected chi connectivity index (χ3v) is 3.31. The Morgan fingerprint density at radius 2 is 1.75 bits per heavy atom. The number of para-hydroxylation sites is 1. The van der Waals surface area contributed by atoms with Gasteiger partial charge in [-0.15, -0.1) is 0 Å². The standard InChI is InChI=1S/C16H14FN3/c17-14-7-5-11(6-8-14)16(20-18)13-9-12-3-1-2-4-15(12)19-10-13/h1-10,16,20H,18H2. The Morgan fingerprint density at radius 3 is 2.50 bits per heavy atom. The van der Waals surface area contributed by atoms with E-state index in [0.717, 1.165) is 22.0 Å². The van der Waals surface area contributed by atoms with Crippen LogP contribution in [0.25, 0.3) is 10.9 Å². The van der Waals surface area contributed by atoms with Crippen molar-refractivity contribution in [2.75, 3.05) is 0 Å². The van der Waals surface area contributed by atoms with Gasteiger partial charge < -0.3 is 0 Å². The second kappa shape index (κ2) is 5.36. The quantitative estimate of drug-likeness (QED) is 0.566. The SMILES string of the molecule is NNC(c1ccc(F)cc1)c1cnc2ccccc2c1. The summed E-state index contributed by atoms with van der Waals surface area (Å²) < 4.78 is 13.0. The van der Waals surface area contributed by atoms with Gasteiger partial charge in [0.15, 0.2) is 0 Å². The Hall–Kier alpha value is -2.30. The normalized spacial score (nSPS) is 12.5. The minimum Gasteiger partial charge on any atom is -0.271 e. The van der Waals surface area contributed by atoms with Crippen LogP contribution in [0.1, 0.15) is 17.2 Å². The van der Waals surface area contributed by atoms with E-state index in [2.05, 4.69) is 10.4 Å². The first-order valence-electron chi connectivity index (χ1n) is 6.34. The molecule has 20 heavy (non-hydrogen) atoms. The van der Waals surface area contributed by atoms with Crippen molar-refractivity contribution >= 4 is 10.9 Å². The average molecular weight is 267 g/mol. The maximum atomic E-state index is 13.0. The van der Waals surface area contributed by atoms with E-state index in [1.807, 2.05) is 30.3 Å². The van der Waals surface area contributed by atoms with Gasteiger partial charge in [0.25, 0.3) is 0 Å². The van der Waals surface area contributed by atoms with Crippen molar-refractivity contribution in [3.8, 4) is 0 Å². The highest BCUT2D eigenvalue weighted by Gasteiger charge is 2.13. The maximum Gasteiger partial charge on any atom is 0.123 e. The van der Waals surface area contributed by atoms with E-state index in [-0.39, 0.29) is 11.9 Å². The molecule has 3 nitrogen and oxygen atoms in total. The Kier molecular flexibility index (Phi) is 3.41. The molecule has 0 aliphatic carbocycles. The van der Waals surface area contributed by atoms with Crippen LogP contribution in [-0.4, -0.2) is 4.98 Å². The number of nitrogens with zero attached hydrogens (tertiary/aromatic N) is 1. The van der Waals surface area contributed by atoms with E-state index < -0.39 is 0 Å². The number of pyridine rings is 1. The fraction of sp³-hybridized carbons (Fsp3) is 0.0625. The predicted octanol–water partition coefficient (Wildman–Crippen LogP) is 2.93. The molecule has 0 saturated carbocycles. The van der Waals surface area contributed by atoms with E-state index in [1.54, 1.807) is 18.3 Å². The largest absolute Gasteiger partial charge is 0.271 e. The zero-order valence-electron chi connectivity index (χ0n) is 10.8. The first kappa shape index (κ1) is 12.7. The van der Waals surface area contributed by atoms with Crippen molar-refractivity contribution < 1.29 is 4.39 Å². The summed E-state index contributed by atoms with van der Waals surface area (Å²) >= 11 is 0. The van der Waals surface area contributed by atoms with Crippen LogP contribution in [0.5, 0.6) is 0 Å². The summed E-state index contributed by atoms with van der Waals surface area (Å²) in [6, 6.07) is 16.0.